The number of nitrogens with one attached hydrogen (secondary N) is 2. The Morgan fingerprint density at radius 1 is 1.24 bits per heavy atom. The second-order valence-corrected chi connectivity index (χ2v) is 7.79. The van der Waals surface area contributed by atoms with Crippen molar-refractivity contribution in [1.82, 2.24) is 15.2 Å². The zero-order chi connectivity index (χ0) is 17.7. The predicted octanol–water partition coefficient (Wildman–Crippen LogP) is 2.82. The molecule has 2 N–H and O–H groups in total. The minimum Gasteiger partial charge on any atom is -0.341 e. The standard InChI is InChI=1S/C18H24N4O2S/c1-2-15-20-14(13-25-15)21-17(24)19-12-16(23)22-10-8-18(9-11-22)6-4-3-5-7-18/h1,13H,3-12H2,(H2,19,21,24). The van der Waals surface area contributed by atoms with Gasteiger partial charge in [-0.3, -0.25) is 10.1 Å². The third kappa shape index (κ3) is 4.51. The summed E-state index contributed by atoms with van der Waals surface area (Å²) in [5, 5.41) is 7.36. The zero-order valence-corrected chi connectivity index (χ0v) is 15.2. The Hall–Kier alpha value is -2.07. The lowest BCUT2D eigenvalue weighted by Crippen LogP contribution is -2.47. The van der Waals surface area contributed by atoms with Crippen LogP contribution in [0.25, 0.3) is 0 Å². The summed E-state index contributed by atoms with van der Waals surface area (Å²) < 4.78 is 0. The molecule has 1 aliphatic carbocycles. The highest BCUT2D eigenvalue weighted by Crippen LogP contribution is 2.44. The van der Waals surface area contributed by atoms with Crippen molar-refractivity contribution in [2.75, 3.05) is 25.0 Å². The molecule has 0 bridgehead atoms. The SMILES string of the molecule is C#Cc1nc(NC(=O)NCC(=O)N2CCC3(CCCCC3)CC2)cs1. The summed E-state index contributed by atoms with van der Waals surface area (Å²) in [6.45, 7) is 1.62. The van der Waals surface area contributed by atoms with Crippen LogP contribution in [0.2, 0.25) is 0 Å². The van der Waals surface area contributed by atoms with E-state index in [0.717, 1.165) is 25.9 Å². The van der Waals surface area contributed by atoms with Crippen LogP contribution in [-0.4, -0.2) is 41.5 Å². The highest BCUT2D eigenvalue weighted by atomic mass is 32.1. The molecule has 6 nitrogen and oxygen atoms in total. The summed E-state index contributed by atoms with van der Waals surface area (Å²) in [7, 11) is 0. The fourth-order valence-electron chi connectivity index (χ4n) is 3.86. The number of thiazole rings is 1. The number of anilines is 1. The van der Waals surface area contributed by atoms with Crippen molar-refractivity contribution in [3.63, 3.8) is 0 Å². The average Bonchev–Trinajstić information content (AvgIpc) is 3.08. The van der Waals surface area contributed by atoms with E-state index in [1.165, 1.54) is 43.4 Å². The van der Waals surface area contributed by atoms with Crippen molar-refractivity contribution in [3.8, 4) is 12.3 Å². The van der Waals surface area contributed by atoms with Crippen molar-refractivity contribution in [2.24, 2.45) is 5.41 Å². The molecule has 0 aromatic carbocycles. The number of rotatable bonds is 3. The van der Waals surface area contributed by atoms with Gasteiger partial charge in [-0.2, -0.15) is 0 Å². The van der Waals surface area contributed by atoms with Crippen LogP contribution in [0.5, 0.6) is 0 Å². The minimum absolute atomic E-state index is 0.00493. The summed E-state index contributed by atoms with van der Waals surface area (Å²) in [5.74, 6) is 2.79. The molecular formula is C18H24N4O2S. The molecule has 2 aliphatic rings. The molecule has 134 valence electrons. The second-order valence-electron chi connectivity index (χ2n) is 6.93. The highest BCUT2D eigenvalue weighted by Gasteiger charge is 2.36. The number of carbonyl (C=O) groups is 2. The molecule has 0 radical (unpaired) electrons. The lowest BCUT2D eigenvalue weighted by atomic mass is 9.68. The van der Waals surface area contributed by atoms with E-state index < -0.39 is 6.03 Å². The molecule has 2 fully saturated rings. The molecule has 7 heteroatoms. The third-order valence-corrected chi connectivity index (χ3v) is 6.13. The summed E-state index contributed by atoms with van der Waals surface area (Å²) in [4.78, 5) is 30.1. The molecule has 1 saturated heterocycles. The Balaban J connectivity index is 1.40. The first kappa shape index (κ1) is 17.7. The number of amides is 3. The van der Waals surface area contributed by atoms with Crippen LogP contribution in [0.1, 0.15) is 50.0 Å². The largest absolute Gasteiger partial charge is 0.341 e. The molecule has 3 rings (SSSR count). The van der Waals surface area contributed by atoms with Crippen molar-refractivity contribution in [2.45, 2.75) is 44.9 Å². The van der Waals surface area contributed by atoms with Crippen molar-refractivity contribution >= 4 is 29.1 Å². The first-order valence-electron chi connectivity index (χ1n) is 8.85. The van der Waals surface area contributed by atoms with E-state index in [9.17, 15) is 9.59 Å². The Morgan fingerprint density at radius 3 is 2.60 bits per heavy atom. The van der Waals surface area contributed by atoms with Crippen LogP contribution >= 0.6 is 11.3 Å². The quantitative estimate of drug-likeness (QED) is 0.814. The molecule has 1 saturated carbocycles. The van der Waals surface area contributed by atoms with Crippen LogP contribution in [0.4, 0.5) is 10.6 Å². The van der Waals surface area contributed by atoms with E-state index in [0.29, 0.717) is 16.2 Å². The number of likely N-dealkylation sites (tertiary alicyclic amines) is 1. The number of terminal acetylenes is 1. The van der Waals surface area contributed by atoms with Crippen molar-refractivity contribution in [1.29, 1.82) is 0 Å². The lowest BCUT2D eigenvalue weighted by molar-refractivity contribution is -0.132. The first-order chi connectivity index (χ1) is 12.1. The molecule has 0 unspecified atom stereocenters. The number of hydrogen-bond donors (Lipinski definition) is 2. The first-order valence-corrected chi connectivity index (χ1v) is 9.73. The van der Waals surface area contributed by atoms with Gasteiger partial charge in [-0.25, -0.2) is 9.78 Å². The van der Waals surface area contributed by atoms with Gasteiger partial charge in [-0.15, -0.1) is 17.8 Å². The van der Waals surface area contributed by atoms with Crippen LogP contribution in [0, 0.1) is 17.8 Å². The number of nitrogens with zero attached hydrogens (tertiary/aromatic N) is 2. The normalized spacial score (nSPS) is 19.2. The van der Waals surface area contributed by atoms with Gasteiger partial charge >= 0.3 is 6.03 Å². The summed E-state index contributed by atoms with van der Waals surface area (Å²) in [5.41, 5.74) is 0.471. The number of carbonyl (C=O) groups excluding carboxylic acids is 2. The number of hydrogen-bond acceptors (Lipinski definition) is 4. The van der Waals surface area contributed by atoms with Crippen LogP contribution in [0.3, 0.4) is 0 Å². The Kier molecular flexibility index (Phi) is 5.59. The molecule has 0 atom stereocenters. The fraction of sp³-hybridized carbons (Fsp3) is 0.611. The number of aromatic nitrogens is 1. The van der Waals surface area contributed by atoms with E-state index in [4.69, 9.17) is 6.42 Å². The minimum atomic E-state index is -0.442. The van der Waals surface area contributed by atoms with Gasteiger partial charge < -0.3 is 10.2 Å². The number of urea groups is 1. The Labute approximate surface area is 152 Å². The molecule has 3 amide bonds. The number of piperidine rings is 1. The van der Waals surface area contributed by atoms with Gasteiger partial charge in [-0.1, -0.05) is 19.3 Å². The van der Waals surface area contributed by atoms with Crippen molar-refractivity contribution < 1.29 is 9.59 Å². The Morgan fingerprint density at radius 2 is 1.96 bits per heavy atom. The average molecular weight is 360 g/mol. The van der Waals surface area contributed by atoms with Gasteiger partial charge in [0.25, 0.3) is 0 Å². The topological polar surface area (TPSA) is 74.3 Å². The molecule has 1 spiro atoms. The summed E-state index contributed by atoms with van der Waals surface area (Å²) in [6.07, 6.45) is 14.1. The van der Waals surface area contributed by atoms with E-state index in [2.05, 4.69) is 21.5 Å². The third-order valence-electron chi connectivity index (χ3n) is 5.36. The molecule has 1 aromatic heterocycles. The van der Waals surface area contributed by atoms with E-state index in [-0.39, 0.29) is 12.5 Å². The van der Waals surface area contributed by atoms with E-state index in [1.54, 1.807) is 5.38 Å². The molecular weight excluding hydrogens is 336 g/mol. The predicted molar refractivity (Wildman–Crippen MR) is 98.4 cm³/mol. The van der Waals surface area contributed by atoms with Gasteiger partial charge in [0, 0.05) is 18.5 Å². The fourth-order valence-corrected chi connectivity index (χ4v) is 4.41. The maximum absolute atomic E-state index is 12.3. The van der Waals surface area contributed by atoms with Gasteiger partial charge in [0.15, 0.2) is 5.01 Å². The molecule has 1 aliphatic heterocycles. The molecule has 1 aromatic rings. The van der Waals surface area contributed by atoms with Gasteiger partial charge in [0.05, 0.1) is 6.54 Å². The molecule has 25 heavy (non-hydrogen) atoms. The zero-order valence-electron chi connectivity index (χ0n) is 14.3. The van der Waals surface area contributed by atoms with Gasteiger partial charge in [-0.05, 0) is 37.0 Å². The van der Waals surface area contributed by atoms with Crippen LogP contribution in [-0.2, 0) is 4.79 Å². The van der Waals surface area contributed by atoms with Crippen LogP contribution in [0.15, 0.2) is 5.38 Å². The van der Waals surface area contributed by atoms with Crippen LogP contribution < -0.4 is 10.6 Å². The maximum atomic E-state index is 12.3. The summed E-state index contributed by atoms with van der Waals surface area (Å²) in [6, 6.07) is -0.442. The van der Waals surface area contributed by atoms with E-state index >= 15 is 0 Å². The van der Waals surface area contributed by atoms with Crippen molar-refractivity contribution in [3.05, 3.63) is 10.4 Å². The monoisotopic (exact) mass is 360 g/mol. The summed E-state index contributed by atoms with van der Waals surface area (Å²) >= 11 is 1.28. The highest BCUT2D eigenvalue weighted by molar-refractivity contribution is 7.10. The second kappa shape index (κ2) is 7.87. The van der Waals surface area contributed by atoms with E-state index in [1.807, 2.05) is 4.90 Å². The molecule has 2 heterocycles. The van der Waals surface area contributed by atoms with Gasteiger partial charge in [0.1, 0.15) is 5.82 Å². The Bertz CT molecular complexity index is 663. The lowest BCUT2D eigenvalue weighted by Gasteiger charge is -2.44. The smallest absolute Gasteiger partial charge is 0.320 e. The maximum Gasteiger partial charge on any atom is 0.320 e. The van der Waals surface area contributed by atoms with Gasteiger partial charge in [0.2, 0.25) is 5.91 Å².